The molecular formula is C11H15NO5. The predicted octanol–water partition coefficient (Wildman–Crippen LogP) is 0.453. The number of isocyanates is 1. The van der Waals surface area contributed by atoms with Crippen LogP contribution in [0, 0.1) is 11.8 Å². The van der Waals surface area contributed by atoms with Gasteiger partial charge in [-0.15, -0.1) is 0 Å². The maximum Gasteiger partial charge on any atom is 0.302 e. The third-order valence-corrected chi connectivity index (χ3v) is 2.84. The van der Waals surface area contributed by atoms with Crippen molar-refractivity contribution in [2.24, 2.45) is 16.8 Å². The smallest absolute Gasteiger partial charge is 0.302 e. The highest BCUT2D eigenvalue weighted by molar-refractivity contribution is 5.66. The molecule has 1 aliphatic rings. The van der Waals surface area contributed by atoms with Gasteiger partial charge in [0, 0.05) is 25.7 Å². The van der Waals surface area contributed by atoms with Crippen molar-refractivity contribution in [3.63, 3.8) is 0 Å². The Labute approximate surface area is 99.0 Å². The molecule has 1 fully saturated rings. The Balaban J connectivity index is 2.46. The van der Waals surface area contributed by atoms with Crippen molar-refractivity contribution in [3.8, 4) is 0 Å². The summed E-state index contributed by atoms with van der Waals surface area (Å²) in [5.74, 6) is -0.712. The second kappa shape index (κ2) is 6.15. The molecule has 3 atom stereocenters. The topological polar surface area (TPSA) is 82.0 Å². The average molecular weight is 241 g/mol. The molecule has 6 heteroatoms. The van der Waals surface area contributed by atoms with Crippen molar-refractivity contribution >= 4 is 18.0 Å². The van der Waals surface area contributed by atoms with Crippen LogP contribution in [0.4, 0.5) is 0 Å². The molecule has 6 nitrogen and oxygen atoms in total. The normalized spacial score (nSPS) is 26.4. The number of hydrogen-bond acceptors (Lipinski definition) is 6. The first-order chi connectivity index (χ1) is 8.04. The van der Waals surface area contributed by atoms with Gasteiger partial charge in [0.25, 0.3) is 0 Å². The highest BCUT2D eigenvalue weighted by Crippen LogP contribution is 2.37. The van der Waals surface area contributed by atoms with Gasteiger partial charge in [0.15, 0.2) is 0 Å². The fourth-order valence-corrected chi connectivity index (χ4v) is 1.87. The van der Waals surface area contributed by atoms with Crippen molar-refractivity contribution in [1.82, 2.24) is 0 Å². The molecule has 0 amide bonds. The minimum absolute atomic E-state index is 0.0697. The quantitative estimate of drug-likeness (QED) is 0.396. The van der Waals surface area contributed by atoms with E-state index in [-0.39, 0.29) is 43.0 Å². The number of esters is 2. The zero-order chi connectivity index (χ0) is 12.8. The van der Waals surface area contributed by atoms with Gasteiger partial charge in [0.2, 0.25) is 6.08 Å². The molecule has 1 aliphatic carbocycles. The molecule has 0 aromatic carbocycles. The monoisotopic (exact) mass is 241 g/mol. The van der Waals surface area contributed by atoms with E-state index in [1.54, 1.807) is 0 Å². The number of carbonyl (C=O) groups excluding carboxylic acids is 3. The predicted molar refractivity (Wildman–Crippen MR) is 56.8 cm³/mol. The van der Waals surface area contributed by atoms with Gasteiger partial charge >= 0.3 is 11.9 Å². The van der Waals surface area contributed by atoms with Crippen molar-refractivity contribution in [3.05, 3.63) is 0 Å². The van der Waals surface area contributed by atoms with Crippen LogP contribution in [0.1, 0.15) is 20.3 Å². The van der Waals surface area contributed by atoms with E-state index in [9.17, 15) is 14.4 Å². The van der Waals surface area contributed by atoms with E-state index in [1.807, 2.05) is 0 Å². The zero-order valence-electron chi connectivity index (χ0n) is 9.84. The molecule has 0 N–H and O–H groups in total. The van der Waals surface area contributed by atoms with Crippen molar-refractivity contribution in [1.29, 1.82) is 0 Å². The van der Waals surface area contributed by atoms with Gasteiger partial charge in [-0.05, 0) is 6.42 Å². The average Bonchev–Trinajstić information content (AvgIpc) is 2.21. The maximum absolute atomic E-state index is 10.7. The minimum Gasteiger partial charge on any atom is -0.466 e. The van der Waals surface area contributed by atoms with Crippen LogP contribution in [0.25, 0.3) is 0 Å². The summed E-state index contributed by atoms with van der Waals surface area (Å²) in [4.78, 5) is 35.2. The molecule has 0 heterocycles. The fourth-order valence-electron chi connectivity index (χ4n) is 1.87. The van der Waals surface area contributed by atoms with Crippen molar-refractivity contribution in [2.75, 3.05) is 13.2 Å². The third-order valence-electron chi connectivity index (χ3n) is 2.84. The number of carbonyl (C=O) groups is 2. The van der Waals surface area contributed by atoms with Crippen LogP contribution in [-0.4, -0.2) is 37.3 Å². The molecule has 0 aromatic rings. The van der Waals surface area contributed by atoms with Crippen LogP contribution in [0.5, 0.6) is 0 Å². The lowest BCUT2D eigenvalue weighted by molar-refractivity contribution is -0.150. The van der Waals surface area contributed by atoms with Gasteiger partial charge < -0.3 is 9.47 Å². The molecule has 1 rings (SSSR count). The van der Waals surface area contributed by atoms with E-state index in [2.05, 4.69) is 4.99 Å². The molecule has 94 valence electrons. The van der Waals surface area contributed by atoms with Gasteiger partial charge in [-0.2, -0.15) is 0 Å². The van der Waals surface area contributed by atoms with E-state index in [1.165, 1.54) is 19.9 Å². The van der Waals surface area contributed by atoms with Crippen LogP contribution >= 0.6 is 0 Å². The number of ether oxygens (including phenoxy) is 2. The standard InChI is InChI=1S/C11H15NO5/c1-7(14)16-4-9-3-11(12-6-13)10(9)5-17-8(2)15/h9-11H,3-5H2,1-2H3. The van der Waals surface area contributed by atoms with Crippen molar-refractivity contribution < 1.29 is 23.9 Å². The summed E-state index contributed by atoms with van der Waals surface area (Å²) >= 11 is 0. The second-order valence-corrected chi connectivity index (χ2v) is 4.05. The molecule has 17 heavy (non-hydrogen) atoms. The van der Waals surface area contributed by atoms with Gasteiger partial charge in [0.05, 0.1) is 19.3 Å². The third kappa shape index (κ3) is 4.00. The fraction of sp³-hybridized carbons (Fsp3) is 0.727. The van der Waals surface area contributed by atoms with Gasteiger partial charge in [-0.3, -0.25) is 9.59 Å². The Kier molecular flexibility index (Phi) is 4.84. The first-order valence-corrected chi connectivity index (χ1v) is 5.38. The molecule has 3 unspecified atom stereocenters. The Morgan fingerprint density at radius 2 is 1.82 bits per heavy atom. The molecule has 0 spiro atoms. The highest BCUT2D eigenvalue weighted by atomic mass is 16.5. The van der Waals surface area contributed by atoms with Crippen LogP contribution in [0.2, 0.25) is 0 Å². The number of aliphatic imine (C=N–C) groups is 1. The summed E-state index contributed by atoms with van der Waals surface area (Å²) in [5, 5.41) is 0. The molecule has 0 aromatic heterocycles. The SMILES string of the molecule is CC(=O)OCC1CC(N=C=O)C1COC(C)=O. The van der Waals surface area contributed by atoms with E-state index >= 15 is 0 Å². The molecule has 0 bridgehead atoms. The molecule has 0 radical (unpaired) electrons. The Hall–Kier alpha value is -1.68. The van der Waals surface area contributed by atoms with Crippen LogP contribution in [-0.2, 0) is 23.9 Å². The summed E-state index contributed by atoms with van der Waals surface area (Å²) in [6, 6.07) is -0.188. The zero-order valence-corrected chi connectivity index (χ0v) is 9.84. The molecule has 1 saturated carbocycles. The van der Waals surface area contributed by atoms with Gasteiger partial charge in [0.1, 0.15) is 0 Å². The van der Waals surface area contributed by atoms with Crippen molar-refractivity contribution in [2.45, 2.75) is 26.3 Å². The number of rotatable bonds is 5. The van der Waals surface area contributed by atoms with E-state index < -0.39 is 0 Å². The summed E-state index contributed by atoms with van der Waals surface area (Å²) in [5.41, 5.74) is 0. The summed E-state index contributed by atoms with van der Waals surface area (Å²) in [7, 11) is 0. The largest absolute Gasteiger partial charge is 0.466 e. The van der Waals surface area contributed by atoms with Crippen LogP contribution < -0.4 is 0 Å². The van der Waals surface area contributed by atoms with Gasteiger partial charge in [-0.25, -0.2) is 9.79 Å². The summed E-state index contributed by atoms with van der Waals surface area (Å²) < 4.78 is 9.78. The number of nitrogens with zero attached hydrogens (tertiary/aromatic N) is 1. The lowest BCUT2D eigenvalue weighted by Crippen LogP contribution is -2.45. The first kappa shape index (κ1) is 13.4. The summed E-state index contributed by atoms with van der Waals surface area (Å²) in [6.45, 7) is 3.11. The molecule has 0 saturated heterocycles. The molecule has 0 aliphatic heterocycles. The molecular weight excluding hydrogens is 226 g/mol. The second-order valence-electron chi connectivity index (χ2n) is 4.05. The van der Waals surface area contributed by atoms with E-state index in [4.69, 9.17) is 9.47 Å². The summed E-state index contributed by atoms with van der Waals surface area (Å²) in [6.07, 6.45) is 2.15. The van der Waals surface area contributed by atoms with Gasteiger partial charge in [-0.1, -0.05) is 0 Å². The Morgan fingerprint density at radius 3 is 2.35 bits per heavy atom. The first-order valence-electron chi connectivity index (χ1n) is 5.38. The van der Waals surface area contributed by atoms with E-state index in [0.29, 0.717) is 6.42 Å². The van der Waals surface area contributed by atoms with Crippen LogP contribution in [0.3, 0.4) is 0 Å². The Bertz CT molecular complexity index is 346. The van der Waals surface area contributed by atoms with E-state index in [0.717, 1.165) is 0 Å². The Morgan fingerprint density at radius 1 is 1.24 bits per heavy atom. The van der Waals surface area contributed by atoms with Crippen LogP contribution in [0.15, 0.2) is 4.99 Å². The lowest BCUT2D eigenvalue weighted by Gasteiger charge is -2.40. The number of hydrogen-bond donors (Lipinski definition) is 0. The maximum atomic E-state index is 10.7. The minimum atomic E-state index is -0.378. The highest BCUT2D eigenvalue weighted by Gasteiger charge is 2.42. The lowest BCUT2D eigenvalue weighted by atomic mass is 9.70.